The summed E-state index contributed by atoms with van der Waals surface area (Å²) >= 11 is 12.4. The van der Waals surface area contributed by atoms with Crippen LogP contribution in [-0.2, 0) is 18.9 Å². The van der Waals surface area contributed by atoms with Crippen LogP contribution in [-0.4, -0.2) is 52.5 Å². The summed E-state index contributed by atoms with van der Waals surface area (Å²) in [6, 6.07) is 0. The fraction of sp³-hybridized carbons (Fsp3) is 1.00. The van der Waals surface area contributed by atoms with Crippen LogP contribution in [0.25, 0.3) is 0 Å². The third-order valence-electron chi connectivity index (χ3n) is 3.89. The van der Waals surface area contributed by atoms with Crippen molar-refractivity contribution < 1.29 is 24.1 Å². The van der Waals surface area contributed by atoms with Crippen molar-refractivity contribution in [2.45, 2.75) is 60.6 Å². The lowest BCUT2D eigenvalue weighted by atomic mass is 9.72. The van der Waals surface area contributed by atoms with E-state index in [1.807, 2.05) is 13.8 Å². The highest BCUT2D eigenvalue weighted by molar-refractivity contribution is 6.50. The van der Waals surface area contributed by atoms with Gasteiger partial charge < -0.3 is 24.1 Å². The molecule has 0 bridgehead atoms. The first-order valence-electron chi connectivity index (χ1n) is 5.86. The maximum Gasteiger partial charge on any atom is 0.187 e. The van der Waals surface area contributed by atoms with Gasteiger partial charge >= 0.3 is 0 Å². The summed E-state index contributed by atoms with van der Waals surface area (Å²) in [5.41, 5.74) is -0.978. The number of hydrogen-bond acceptors (Lipinski definition) is 5. The minimum Gasteiger partial charge on any atom is -0.390 e. The van der Waals surface area contributed by atoms with Gasteiger partial charge in [-0.15, -0.1) is 0 Å². The number of ether oxygens (including phenoxy) is 4. The second kappa shape index (κ2) is 3.73. The lowest BCUT2D eigenvalue weighted by Gasteiger charge is -2.54. The molecule has 4 unspecified atom stereocenters. The molecule has 2 aliphatic heterocycles. The van der Waals surface area contributed by atoms with Crippen LogP contribution in [0.1, 0.15) is 20.3 Å². The minimum absolute atomic E-state index is 0.306. The summed E-state index contributed by atoms with van der Waals surface area (Å²) in [6.07, 6.45) is -1.98. The molecule has 3 fully saturated rings. The van der Waals surface area contributed by atoms with Gasteiger partial charge in [-0.05, 0) is 13.8 Å². The molecule has 0 radical (unpaired) electrons. The Morgan fingerprint density at radius 3 is 2.39 bits per heavy atom. The number of aliphatic hydroxyl groups is 1. The van der Waals surface area contributed by atoms with Crippen molar-refractivity contribution in [3.63, 3.8) is 0 Å². The van der Waals surface area contributed by atoms with Crippen molar-refractivity contribution in [3.8, 4) is 0 Å². The molecule has 0 aromatic heterocycles. The zero-order valence-electron chi connectivity index (χ0n) is 10.4. The molecule has 1 saturated carbocycles. The standard InChI is InChI=1S/C11H16Cl2O5/c1-9(2)16-6-7(17-9)10(18-8(6)15-3)4-5(14)11(10,12)13/h5-8,14H,4H2,1-3H3/t5?,6?,7?,8?,10-/m0/s1. The normalized spacial score (nSPS) is 52.3. The molecule has 2 heterocycles. The number of hydrogen-bond donors (Lipinski definition) is 1. The highest BCUT2D eigenvalue weighted by Crippen LogP contribution is 2.62. The van der Waals surface area contributed by atoms with Crippen molar-refractivity contribution in [1.29, 1.82) is 0 Å². The van der Waals surface area contributed by atoms with Gasteiger partial charge in [0.15, 0.2) is 16.4 Å². The van der Waals surface area contributed by atoms with Gasteiger partial charge in [0.05, 0.1) is 6.10 Å². The smallest absolute Gasteiger partial charge is 0.187 e. The predicted octanol–water partition coefficient (Wildman–Crippen LogP) is 1.19. The minimum atomic E-state index is -1.41. The first kappa shape index (κ1) is 13.4. The molecule has 0 aromatic rings. The van der Waals surface area contributed by atoms with Crippen LogP contribution in [0.2, 0.25) is 0 Å². The van der Waals surface area contributed by atoms with Gasteiger partial charge in [-0.3, -0.25) is 0 Å². The SMILES string of the molecule is COC1O[C@@]2(CC(O)C2(Cl)Cl)C2OC(C)(C)OC12. The Balaban J connectivity index is 1.94. The molecule has 1 spiro atoms. The van der Waals surface area contributed by atoms with E-state index in [9.17, 15) is 5.11 Å². The van der Waals surface area contributed by atoms with Crippen molar-refractivity contribution in [2.75, 3.05) is 7.11 Å². The Morgan fingerprint density at radius 1 is 1.22 bits per heavy atom. The van der Waals surface area contributed by atoms with Gasteiger partial charge in [0, 0.05) is 13.5 Å². The molecule has 18 heavy (non-hydrogen) atoms. The van der Waals surface area contributed by atoms with E-state index < -0.39 is 40.3 Å². The molecule has 104 valence electrons. The Kier molecular flexibility index (Phi) is 2.77. The van der Waals surface area contributed by atoms with E-state index in [0.29, 0.717) is 6.42 Å². The molecule has 0 amide bonds. The third kappa shape index (κ3) is 1.47. The number of alkyl halides is 2. The Morgan fingerprint density at radius 2 is 1.89 bits per heavy atom. The molecule has 1 aliphatic carbocycles. The van der Waals surface area contributed by atoms with Crippen LogP contribution in [0.15, 0.2) is 0 Å². The van der Waals surface area contributed by atoms with Crippen LogP contribution < -0.4 is 0 Å². The van der Waals surface area contributed by atoms with Crippen molar-refractivity contribution in [1.82, 2.24) is 0 Å². The van der Waals surface area contributed by atoms with Gasteiger partial charge in [0.25, 0.3) is 0 Å². The zero-order valence-corrected chi connectivity index (χ0v) is 11.9. The number of methoxy groups -OCH3 is 1. The largest absolute Gasteiger partial charge is 0.390 e. The van der Waals surface area contributed by atoms with Crippen LogP contribution in [0, 0.1) is 0 Å². The fourth-order valence-electron chi connectivity index (χ4n) is 3.01. The summed E-state index contributed by atoms with van der Waals surface area (Å²) in [5.74, 6) is -0.743. The van der Waals surface area contributed by atoms with Crippen LogP contribution in [0.4, 0.5) is 0 Å². The van der Waals surface area contributed by atoms with E-state index in [1.165, 1.54) is 7.11 Å². The van der Waals surface area contributed by atoms with Gasteiger partial charge in [-0.1, -0.05) is 23.2 Å². The highest BCUT2D eigenvalue weighted by Gasteiger charge is 2.78. The quantitative estimate of drug-likeness (QED) is 0.737. The Hall–Kier alpha value is 0.380. The van der Waals surface area contributed by atoms with Crippen LogP contribution in [0.3, 0.4) is 0 Å². The van der Waals surface area contributed by atoms with E-state index in [0.717, 1.165) is 0 Å². The Bertz CT molecular complexity index is 374. The second-order valence-corrected chi connectivity index (χ2v) is 6.86. The van der Waals surface area contributed by atoms with Gasteiger partial charge in [-0.2, -0.15) is 0 Å². The van der Waals surface area contributed by atoms with E-state index in [-0.39, 0.29) is 0 Å². The molecular weight excluding hydrogens is 283 g/mol. The summed E-state index contributed by atoms with van der Waals surface area (Å²) in [5, 5.41) is 9.73. The van der Waals surface area contributed by atoms with Gasteiger partial charge in [0.2, 0.25) is 0 Å². The lowest BCUT2D eigenvalue weighted by Crippen LogP contribution is -2.71. The predicted molar refractivity (Wildman–Crippen MR) is 63.5 cm³/mol. The van der Waals surface area contributed by atoms with Crippen molar-refractivity contribution in [2.24, 2.45) is 0 Å². The molecule has 3 aliphatic rings. The van der Waals surface area contributed by atoms with E-state index >= 15 is 0 Å². The number of fused-ring (bicyclic) bond motifs is 2. The molecule has 2 saturated heterocycles. The van der Waals surface area contributed by atoms with Crippen molar-refractivity contribution >= 4 is 23.2 Å². The summed E-state index contributed by atoms with van der Waals surface area (Å²) in [7, 11) is 1.52. The van der Waals surface area contributed by atoms with Crippen LogP contribution in [0.5, 0.6) is 0 Å². The second-order valence-electron chi connectivity index (χ2n) is 5.48. The molecule has 1 N–H and O–H groups in total. The summed E-state index contributed by atoms with van der Waals surface area (Å²) in [4.78, 5) is 0. The number of halogens is 2. The molecule has 5 atom stereocenters. The van der Waals surface area contributed by atoms with E-state index in [2.05, 4.69) is 0 Å². The first-order valence-corrected chi connectivity index (χ1v) is 6.61. The Labute approximate surface area is 115 Å². The zero-order chi connectivity index (χ0) is 13.3. The van der Waals surface area contributed by atoms with Gasteiger partial charge in [-0.25, -0.2) is 0 Å². The third-order valence-corrected chi connectivity index (χ3v) is 5.04. The lowest BCUT2D eigenvalue weighted by molar-refractivity contribution is -0.280. The molecule has 5 nitrogen and oxygen atoms in total. The average molecular weight is 299 g/mol. The molecule has 0 aromatic carbocycles. The molecule has 7 heteroatoms. The maximum absolute atomic E-state index is 9.73. The van der Waals surface area contributed by atoms with E-state index in [4.69, 9.17) is 42.1 Å². The van der Waals surface area contributed by atoms with Crippen molar-refractivity contribution in [3.05, 3.63) is 0 Å². The fourth-order valence-corrected chi connectivity index (χ4v) is 3.62. The molecule has 3 rings (SSSR count). The molecular formula is C11H16Cl2O5. The monoisotopic (exact) mass is 298 g/mol. The average Bonchev–Trinajstić information content (AvgIpc) is 2.73. The number of rotatable bonds is 1. The van der Waals surface area contributed by atoms with Gasteiger partial charge in [0.1, 0.15) is 17.8 Å². The topological polar surface area (TPSA) is 57.2 Å². The summed E-state index contributed by atoms with van der Waals surface area (Å²) in [6.45, 7) is 3.62. The number of aliphatic hydroxyl groups excluding tert-OH is 1. The first-order chi connectivity index (χ1) is 8.23. The summed E-state index contributed by atoms with van der Waals surface area (Å²) < 4.78 is 21.2. The highest BCUT2D eigenvalue weighted by atomic mass is 35.5. The maximum atomic E-state index is 9.73. The van der Waals surface area contributed by atoms with Crippen LogP contribution >= 0.6 is 23.2 Å². The van der Waals surface area contributed by atoms with E-state index in [1.54, 1.807) is 0 Å².